The summed E-state index contributed by atoms with van der Waals surface area (Å²) >= 11 is 0. The number of allylic oxidation sites excluding steroid dienone is 3. The highest BCUT2D eigenvalue weighted by atomic mass is 16.6. The van der Waals surface area contributed by atoms with E-state index in [2.05, 4.69) is 71.6 Å². The summed E-state index contributed by atoms with van der Waals surface area (Å²) in [6.07, 6.45) is 41.8. The lowest BCUT2D eigenvalue weighted by Crippen LogP contribution is -2.51. The third-order valence-corrected chi connectivity index (χ3v) is 18.0. The van der Waals surface area contributed by atoms with E-state index in [4.69, 9.17) is 18.9 Å². The Morgan fingerprint density at radius 1 is 0.773 bits per heavy atom. The van der Waals surface area contributed by atoms with Crippen molar-refractivity contribution in [2.24, 2.45) is 46.3 Å². The monoisotopic (exact) mass is 922 g/mol. The lowest BCUT2D eigenvalue weighted by Gasteiger charge is -2.58. The molecule has 1 saturated heterocycles. The zero-order chi connectivity index (χ0) is 47.2. The molecule has 0 radical (unpaired) electrons. The average molecular weight is 922 g/mol. The van der Waals surface area contributed by atoms with Crippen LogP contribution in [0.3, 0.4) is 0 Å². The zero-order valence-electron chi connectivity index (χ0n) is 44.1. The number of unbranched alkanes of at least 4 members (excludes halogenated alkanes) is 12. The number of carbonyl (C=O) groups excluding carboxylic acids is 2. The Hall–Kier alpha value is -1.70. The van der Waals surface area contributed by atoms with Crippen molar-refractivity contribution < 1.29 is 28.5 Å². The third kappa shape index (κ3) is 17.3. The summed E-state index contributed by atoms with van der Waals surface area (Å²) in [6.45, 7) is 20.9. The first-order chi connectivity index (χ1) is 31.9. The quantitative estimate of drug-likeness (QED) is 0.0369. The van der Waals surface area contributed by atoms with Crippen molar-refractivity contribution in [1.29, 1.82) is 0 Å². The van der Waals surface area contributed by atoms with E-state index < -0.39 is 0 Å². The fourth-order valence-corrected chi connectivity index (χ4v) is 14.0. The molecule has 4 aliphatic carbocycles. The number of fused-ring (bicyclic) bond motifs is 5. The molecule has 1 aliphatic heterocycles. The van der Waals surface area contributed by atoms with Crippen LogP contribution >= 0.6 is 0 Å². The van der Waals surface area contributed by atoms with E-state index in [1.165, 1.54) is 153 Å². The van der Waals surface area contributed by atoms with Gasteiger partial charge in [0.1, 0.15) is 12.7 Å². The van der Waals surface area contributed by atoms with Crippen molar-refractivity contribution >= 4 is 11.9 Å². The Balaban J connectivity index is 0.922. The molecule has 7 heteroatoms. The highest BCUT2D eigenvalue weighted by Gasteiger charge is 2.59. The van der Waals surface area contributed by atoms with E-state index in [-0.39, 0.29) is 49.0 Å². The molecule has 0 bridgehead atoms. The molecule has 3 saturated carbocycles. The van der Waals surface area contributed by atoms with E-state index in [1.54, 1.807) is 0 Å². The van der Waals surface area contributed by atoms with Crippen LogP contribution < -0.4 is 0 Å². The number of hydrogen-bond acceptors (Lipinski definition) is 7. The molecule has 5 aliphatic rings. The number of nitrogens with zero attached hydrogens (tertiary/aromatic N) is 1. The van der Waals surface area contributed by atoms with Crippen LogP contribution in [-0.4, -0.2) is 74.6 Å². The van der Waals surface area contributed by atoms with Crippen molar-refractivity contribution in [2.75, 3.05) is 39.5 Å². The molecule has 3 unspecified atom stereocenters. The van der Waals surface area contributed by atoms with E-state index in [0.717, 1.165) is 80.9 Å². The molecular weight excluding hydrogens is 819 g/mol. The molecule has 5 rings (SSSR count). The molecule has 7 nitrogen and oxygen atoms in total. The molecule has 1 heterocycles. The standard InChI is InChI=1S/C59H103NO6/c1-8-9-10-11-12-13-14-15-16-17-18-19-20-21-22-23-40-63-45-51(44-60-39-25-28-48(60)5)64-41-42-65-56(61)33-34-57(62)66-50-35-37-58(6)49(43-50)29-30-52-54-32-31-53(47(4)27-24-26-46(2)3)59(54,7)38-36-55(52)58/h15-16,29,46-48,50-55H,8-14,17-28,30-45H2,1-7H3/t47-,48+,50+,51-,52?,53-,54?,55?,58+,59-/m1/s1. The average Bonchev–Trinajstić information content (AvgIpc) is 3.87. The first kappa shape index (κ1) is 55.2. The Morgan fingerprint density at radius 2 is 1.48 bits per heavy atom. The molecule has 0 amide bonds. The fraction of sp³-hybridized carbons (Fsp3) is 0.898. The molecule has 10 atom stereocenters. The minimum Gasteiger partial charge on any atom is -0.463 e. The van der Waals surface area contributed by atoms with Crippen LogP contribution in [-0.2, 0) is 28.5 Å². The summed E-state index contributed by atoms with van der Waals surface area (Å²) < 4.78 is 24.0. The maximum absolute atomic E-state index is 13.0. The van der Waals surface area contributed by atoms with Gasteiger partial charge < -0.3 is 18.9 Å². The third-order valence-electron chi connectivity index (χ3n) is 18.0. The number of rotatable bonds is 33. The predicted octanol–water partition coefficient (Wildman–Crippen LogP) is 15.2. The van der Waals surface area contributed by atoms with Crippen LogP contribution in [0.2, 0.25) is 0 Å². The fourth-order valence-electron chi connectivity index (χ4n) is 14.0. The zero-order valence-corrected chi connectivity index (χ0v) is 44.1. The minimum absolute atomic E-state index is 0.0431. The normalized spacial score (nSPS) is 29.7. The molecule has 0 spiro atoms. The van der Waals surface area contributed by atoms with Crippen molar-refractivity contribution in [3.8, 4) is 0 Å². The molecule has 0 aromatic rings. The van der Waals surface area contributed by atoms with Gasteiger partial charge in [-0.05, 0) is 150 Å². The van der Waals surface area contributed by atoms with E-state index in [0.29, 0.717) is 24.7 Å². The van der Waals surface area contributed by atoms with Crippen LogP contribution in [0, 0.1) is 46.3 Å². The summed E-state index contributed by atoms with van der Waals surface area (Å²) in [7, 11) is 0. The molecule has 0 aromatic carbocycles. The van der Waals surface area contributed by atoms with E-state index >= 15 is 0 Å². The highest BCUT2D eigenvalue weighted by molar-refractivity contribution is 5.77. The Morgan fingerprint density at radius 3 is 2.20 bits per heavy atom. The van der Waals surface area contributed by atoms with E-state index in [9.17, 15) is 9.59 Å². The lowest BCUT2D eigenvalue weighted by atomic mass is 9.47. The first-order valence-electron chi connectivity index (χ1n) is 28.6. The number of ether oxygens (including phenoxy) is 4. The van der Waals surface area contributed by atoms with Crippen LogP contribution in [0.1, 0.15) is 235 Å². The van der Waals surface area contributed by atoms with Gasteiger partial charge in [0.25, 0.3) is 0 Å². The molecule has 66 heavy (non-hydrogen) atoms. The van der Waals surface area contributed by atoms with E-state index in [1.807, 2.05) is 0 Å². The summed E-state index contributed by atoms with van der Waals surface area (Å²) in [5.74, 6) is 4.27. The van der Waals surface area contributed by atoms with Crippen molar-refractivity contribution in [3.05, 3.63) is 23.8 Å². The Labute approximate surface area is 406 Å². The van der Waals surface area contributed by atoms with Crippen LogP contribution in [0.15, 0.2) is 23.8 Å². The van der Waals surface area contributed by atoms with Crippen molar-refractivity contribution in [2.45, 2.75) is 253 Å². The van der Waals surface area contributed by atoms with Gasteiger partial charge >= 0.3 is 11.9 Å². The summed E-state index contributed by atoms with van der Waals surface area (Å²) in [5, 5.41) is 0. The lowest BCUT2D eigenvalue weighted by molar-refractivity contribution is -0.156. The highest BCUT2D eigenvalue weighted by Crippen LogP contribution is 2.67. The van der Waals surface area contributed by atoms with Crippen LogP contribution in [0.4, 0.5) is 0 Å². The van der Waals surface area contributed by atoms with Gasteiger partial charge in [-0.2, -0.15) is 0 Å². The second-order valence-corrected chi connectivity index (χ2v) is 23.4. The van der Waals surface area contributed by atoms with Gasteiger partial charge in [0, 0.05) is 25.6 Å². The molecule has 0 aromatic heterocycles. The van der Waals surface area contributed by atoms with Crippen LogP contribution in [0.5, 0.6) is 0 Å². The van der Waals surface area contributed by atoms with Gasteiger partial charge in [-0.25, -0.2) is 0 Å². The Kier molecular flexibility index (Phi) is 24.7. The molecular formula is C59H103NO6. The van der Waals surface area contributed by atoms with Gasteiger partial charge in [-0.3, -0.25) is 14.5 Å². The number of carbonyl (C=O) groups is 2. The maximum atomic E-state index is 13.0. The molecule has 4 fully saturated rings. The second-order valence-electron chi connectivity index (χ2n) is 23.4. The van der Waals surface area contributed by atoms with Gasteiger partial charge in [0.2, 0.25) is 0 Å². The minimum atomic E-state index is -0.364. The topological polar surface area (TPSA) is 74.3 Å². The number of esters is 2. The van der Waals surface area contributed by atoms with Crippen LogP contribution in [0.25, 0.3) is 0 Å². The Bertz CT molecular complexity index is 1440. The SMILES string of the molecule is CCCCCCCCC=CCCCCCCCCOC[C@@H](CN1CCC[C@@H]1C)OCCOC(=O)CCC(=O)O[C@H]1CC[C@@]2(C)C(=CCC3C2CC[C@@]2(C)C3CC[C@@H]2[C@H](C)CCCC(C)C)C1. The molecule has 0 N–H and O–H groups in total. The second kappa shape index (κ2) is 29.5. The van der Waals surface area contributed by atoms with Gasteiger partial charge in [0.05, 0.1) is 32.2 Å². The largest absolute Gasteiger partial charge is 0.463 e. The molecule has 380 valence electrons. The first-order valence-corrected chi connectivity index (χ1v) is 28.6. The van der Waals surface area contributed by atoms with Gasteiger partial charge in [0.15, 0.2) is 0 Å². The van der Waals surface area contributed by atoms with Gasteiger partial charge in [-0.1, -0.05) is 142 Å². The van der Waals surface area contributed by atoms with Crippen molar-refractivity contribution in [3.63, 3.8) is 0 Å². The maximum Gasteiger partial charge on any atom is 0.306 e. The smallest absolute Gasteiger partial charge is 0.306 e. The number of likely N-dealkylation sites (tertiary alicyclic amines) is 1. The van der Waals surface area contributed by atoms with Gasteiger partial charge in [-0.15, -0.1) is 0 Å². The number of hydrogen-bond donors (Lipinski definition) is 0. The summed E-state index contributed by atoms with van der Waals surface area (Å²) in [6, 6.07) is 0.557. The predicted molar refractivity (Wildman–Crippen MR) is 273 cm³/mol. The van der Waals surface area contributed by atoms with Crippen molar-refractivity contribution in [1.82, 2.24) is 4.90 Å². The summed E-state index contributed by atoms with van der Waals surface area (Å²) in [5.41, 5.74) is 2.25. The summed E-state index contributed by atoms with van der Waals surface area (Å²) in [4.78, 5) is 28.3.